The van der Waals surface area contributed by atoms with E-state index >= 15 is 0 Å². The summed E-state index contributed by atoms with van der Waals surface area (Å²) in [6.45, 7) is 15.1. The molecule has 0 aromatic heterocycles. The van der Waals surface area contributed by atoms with Crippen LogP contribution in [-0.4, -0.2) is 23.3 Å². The molecule has 194 valence electrons. The van der Waals surface area contributed by atoms with Gasteiger partial charge in [-0.25, -0.2) is 0 Å². The molecule has 0 saturated heterocycles. The van der Waals surface area contributed by atoms with Gasteiger partial charge in [0.2, 0.25) is 0 Å². The van der Waals surface area contributed by atoms with Crippen LogP contribution < -0.4 is 4.74 Å². The molecule has 1 N–H and O–H groups in total. The number of esters is 1. The van der Waals surface area contributed by atoms with Crippen LogP contribution in [0.3, 0.4) is 0 Å². The fourth-order valence-corrected chi connectivity index (χ4v) is 5.34. The van der Waals surface area contributed by atoms with Gasteiger partial charge in [0.05, 0.1) is 12.0 Å². The Bertz CT molecular complexity index is 1150. The molecule has 0 spiro atoms. The summed E-state index contributed by atoms with van der Waals surface area (Å²) < 4.78 is 11.1. The predicted octanol–water partition coefficient (Wildman–Crippen LogP) is 7.57. The number of aryl methyl sites for hydroxylation is 2. The van der Waals surface area contributed by atoms with Crippen LogP contribution in [0.15, 0.2) is 54.3 Å². The normalized spacial score (nSPS) is 14.6. The summed E-state index contributed by atoms with van der Waals surface area (Å²) in [7, 11) is 0. The summed E-state index contributed by atoms with van der Waals surface area (Å²) in [5, 5.41) is 10.8. The van der Waals surface area contributed by atoms with E-state index in [1.54, 1.807) is 6.08 Å². The molecule has 4 heteroatoms. The topological polar surface area (TPSA) is 55.8 Å². The van der Waals surface area contributed by atoms with Gasteiger partial charge < -0.3 is 14.6 Å². The maximum Gasteiger partial charge on any atom is 0.314 e. The number of aliphatic hydroxyl groups is 1. The van der Waals surface area contributed by atoms with Crippen LogP contribution in [0.25, 0.3) is 5.57 Å². The van der Waals surface area contributed by atoms with Crippen LogP contribution in [0.2, 0.25) is 0 Å². The van der Waals surface area contributed by atoms with Crippen LogP contribution >= 0.6 is 0 Å². The lowest BCUT2D eigenvalue weighted by Crippen LogP contribution is -2.26. The maximum atomic E-state index is 11.3. The number of benzene rings is 2. The minimum atomic E-state index is -0.761. The number of carbonyl (C=O) groups is 1. The van der Waals surface area contributed by atoms with Gasteiger partial charge in [0, 0.05) is 5.41 Å². The number of hydrogen-bond donors (Lipinski definition) is 1. The van der Waals surface area contributed by atoms with E-state index in [0.717, 1.165) is 29.7 Å². The van der Waals surface area contributed by atoms with Crippen LogP contribution in [-0.2, 0) is 14.9 Å². The van der Waals surface area contributed by atoms with Crippen molar-refractivity contribution in [3.05, 3.63) is 82.1 Å². The van der Waals surface area contributed by atoms with Crippen LogP contribution in [0.5, 0.6) is 5.75 Å². The van der Waals surface area contributed by atoms with E-state index < -0.39 is 5.60 Å². The number of carbonyl (C=O) groups excluding carboxylic acids is 1. The molecule has 0 amide bonds. The standard InChI is InChI=1S/C32H42O4/c1-8-31(34,9-2)20-24(7)28-15-12-25(18-22(28)5)32(10-3,11-4)26-13-16-29(23(6)19-26)35-21-27-14-17-30(33)36-27/h12-16,18-20,34H,8-11,17,21H2,1-7H3. The highest BCUT2D eigenvalue weighted by Crippen LogP contribution is 2.41. The second-order valence-corrected chi connectivity index (χ2v) is 10.1. The summed E-state index contributed by atoms with van der Waals surface area (Å²) in [6.07, 6.45) is 7.47. The molecule has 0 fully saturated rings. The molecule has 36 heavy (non-hydrogen) atoms. The summed E-state index contributed by atoms with van der Waals surface area (Å²) in [5.74, 6) is 1.15. The third kappa shape index (κ3) is 5.75. The molecule has 3 rings (SSSR count). The summed E-state index contributed by atoms with van der Waals surface area (Å²) >= 11 is 0. The van der Waals surface area contributed by atoms with Crippen molar-refractivity contribution in [2.45, 2.75) is 91.6 Å². The van der Waals surface area contributed by atoms with E-state index in [-0.39, 0.29) is 18.0 Å². The predicted molar refractivity (Wildman–Crippen MR) is 147 cm³/mol. The number of hydrogen-bond acceptors (Lipinski definition) is 4. The van der Waals surface area contributed by atoms with Crippen molar-refractivity contribution in [1.82, 2.24) is 0 Å². The molecular formula is C32H42O4. The molecule has 2 aromatic rings. The first-order chi connectivity index (χ1) is 17.1. The summed E-state index contributed by atoms with van der Waals surface area (Å²) in [5.41, 5.74) is 6.29. The molecule has 4 nitrogen and oxygen atoms in total. The van der Waals surface area contributed by atoms with Crippen LogP contribution in [0.1, 0.15) is 94.5 Å². The van der Waals surface area contributed by atoms with Gasteiger partial charge in [-0.1, -0.05) is 58.0 Å². The van der Waals surface area contributed by atoms with Gasteiger partial charge in [0.1, 0.15) is 18.1 Å². The Morgan fingerprint density at radius 2 is 1.58 bits per heavy atom. The van der Waals surface area contributed by atoms with Crippen LogP contribution in [0.4, 0.5) is 0 Å². The largest absolute Gasteiger partial charge is 0.485 e. The molecule has 0 radical (unpaired) electrons. The first-order valence-electron chi connectivity index (χ1n) is 13.3. The fraction of sp³-hybridized carbons (Fsp3) is 0.469. The maximum absolute atomic E-state index is 11.3. The van der Waals surface area contributed by atoms with Gasteiger partial charge in [-0.2, -0.15) is 0 Å². The van der Waals surface area contributed by atoms with Gasteiger partial charge in [-0.15, -0.1) is 0 Å². The average molecular weight is 491 g/mol. The molecule has 1 aliphatic rings. The lowest BCUT2D eigenvalue weighted by atomic mass is 9.69. The Hall–Kier alpha value is -2.85. The summed E-state index contributed by atoms with van der Waals surface area (Å²) in [6, 6.07) is 13.2. The zero-order chi connectivity index (χ0) is 26.5. The van der Waals surface area contributed by atoms with Crippen molar-refractivity contribution in [1.29, 1.82) is 0 Å². The molecule has 0 aliphatic carbocycles. The highest BCUT2D eigenvalue weighted by molar-refractivity contribution is 5.75. The first-order valence-corrected chi connectivity index (χ1v) is 13.3. The van der Waals surface area contributed by atoms with E-state index in [0.29, 0.717) is 25.0 Å². The van der Waals surface area contributed by atoms with Gasteiger partial charge in [-0.3, -0.25) is 4.79 Å². The lowest BCUT2D eigenvalue weighted by molar-refractivity contribution is -0.136. The van der Waals surface area contributed by atoms with Crippen molar-refractivity contribution in [3.8, 4) is 5.75 Å². The van der Waals surface area contributed by atoms with Gasteiger partial charge >= 0.3 is 5.97 Å². The molecular weight excluding hydrogens is 448 g/mol. The van der Waals surface area contributed by atoms with Gasteiger partial charge in [0.15, 0.2) is 0 Å². The quantitative estimate of drug-likeness (QED) is 0.330. The van der Waals surface area contributed by atoms with Gasteiger partial charge in [-0.05, 0) is 98.1 Å². The highest BCUT2D eigenvalue weighted by Gasteiger charge is 2.32. The molecule has 0 unspecified atom stereocenters. The Balaban J connectivity index is 1.91. The average Bonchev–Trinajstić information content (AvgIpc) is 3.29. The van der Waals surface area contributed by atoms with Gasteiger partial charge in [0.25, 0.3) is 0 Å². The Morgan fingerprint density at radius 3 is 2.08 bits per heavy atom. The number of cyclic esters (lactones) is 1. The van der Waals surface area contributed by atoms with E-state index in [4.69, 9.17) is 9.47 Å². The highest BCUT2D eigenvalue weighted by atomic mass is 16.6. The second kappa shape index (κ2) is 11.5. The Labute approximate surface area is 217 Å². The number of rotatable bonds is 11. The molecule has 2 aromatic carbocycles. The molecule has 1 heterocycles. The Kier molecular flexibility index (Phi) is 8.84. The van der Waals surface area contributed by atoms with E-state index in [2.05, 4.69) is 65.0 Å². The fourth-order valence-electron chi connectivity index (χ4n) is 5.34. The van der Waals surface area contributed by atoms with Crippen molar-refractivity contribution < 1.29 is 19.4 Å². The Morgan fingerprint density at radius 1 is 0.972 bits per heavy atom. The van der Waals surface area contributed by atoms with Crippen LogP contribution in [0, 0.1) is 13.8 Å². The molecule has 0 atom stereocenters. The smallest absolute Gasteiger partial charge is 0.314 e. The summed E-state index contributed by atoms with van der Waals surface area (Å²) in [4.78, 5) is 11.3. The van der Waals surface area contributed by atoms with Crippen molar-refractivity contribution >= 4 is 11.5 Å². The third-order valence-corrected chi connectivity index (χ3v) is 7.96. The van der Waals surface area contributed by atoms with Crippen molar-refractivity contribution in [2.75, 3.05) is 6.61 Å². The molecule has 1 aliphatic heterocycles. The zero-order valence-corrected chi connectivity index (χ0v) is 23.0. The van der Waals surface area contributed by atoms with Crippen molar-refractivity contribution in [2.24, 2.45) is 0 Å². The van der Waals surface area contributed by atoms with E-state index in [9.17, 15) is 9.90 Å². The SMILES string of the molecule is CCC(O)(C=C(C)c1ccc(C(CC)(CC)c2ccc(OCC3=CCC(=O)O3)c(C)c2)cc1C)CC. The minimum Gasteiger partial charge on any atom is -0.485 e. The minimum absolute atomic E-state index is 0.110. The first kappa shape index (κ1) is 27.7. The van der Waals surface area contributed by atoms with Crippen molar-refractivity contribution in [3.63, 3.8) is 0 Å². The molecule has 0 saturated carbocycles. The third-order valence-electron chi connectivity index (χ3n) is 7.96. The number of ether oxygens (including phenoxy) is 2. The molecule has 0 bridgehead atoms. The van der Waals surface area contributed by atoms with E-state index in [1.807, 2.05) is 26.0 Å². The monoisotopic (exact) mass is 490 g/mol. The number of allylic oxidation sites excluding steroid dienone is 1. The lowest BCUT2D eigenvalue weighted by Gasteiger charge is -2.34. The second-order valence-electron chi connectivity index (χ2n) is 10.1. The zero-order valence-electron chi connectivity index (χ0n) is 23.0. The van der Waals surface area contributed by atoms with E-state index in [1.165, 1.54) is 22.3 Å².